The number of urea groups is 1. The minimum atomic E-state index is -0.959. The molecule has 1 aromatic rings. The Hall–Kier alpha value is -2.55. The van der Waals surface area contributed by atoms with Crippen molar-refractivity contribution in [2.45, 2.75) is 25.8 Å². The van der Waals surface area contributed by atoms with E-state index in [9.17, 15) is 14.0 Å². The van der Waals surface area contributed by atoms with Crippen LogP contribution in [0.2, 0.25) is 0 Å². The summed E-state index contributed by atoms with van der Waals surface area (Å²) in [6.07, 6.45) is 5.62. The van der Waals surface area contributed by atoms with Gasteiger partial charge in [-0.25, -0.2) is 9.18 Å². The van der Waals surface area contributed by atoms with Gasteiger partial charge in [0.2, 0.25) is 5.91 Å². The predicted octanol–water partition coefficient (Wildman–Crippen LogP) is 1.39. The Morgan fingerprint density at radius 1 is 1.50 bits per heavy atom. The van der Waals surface area contributed by atoms with E-state index in [0.29, 0.717) is 12.0 Å². The second kappa shape index (κ2) is 7.14. The molecule has 0 saturated carbocycles. The number of nitrogens with one attached hydrogen (secondary N) is 2. The number of hydrogen-bond acceptors (Lipinski definition) is 2. The molecule has 0 aromatic heterocycles. The fraction of sp³-hybridized carbons (Fsp3) is 0.286. The van der Waals surface area contributed by atoms with Crippen LogP contribution in [0.3, 0.4) is 0 Å². The van der Waals surface area contributed by atoms with Gasteiger partial charge in [-0.2, -0.15) is 0 Å². The fourth-order valence-electron chi connectivity index (χ4n) is 1.58. The van der Waals surface area contributed by atoms with Gasteiger partial charge in [-0.1, -0.05) is 13.0 Å². The average Bonchev–Trinajstić information content (AvgIpc) is 2.38. The number of benzene rings is 1. The Morgan fingerprint density at radius 2 is 2.20 bits per heavy atom. The molecule has 3 amide bonds. The number of anilines is 1. The summed E-state index contributed by atoms with van der Waals surface area (Å²) in [7, 11) is 0. The monoisotopic (exact) mass is 277 g/mol. The van der Waals surface area contributed by atoms with Gasteiger partial charge in [-0.3, -0.25) is 4.79 Å². The van der Waals surface area contributed by atoms with Crippen LogP contribution < -0.4 is 16.4 Å². The van der Waals surface area contributed by atoms with Crippen molar-refractivity contribution < 1.29 is 14.0 Å². The van der Waals surface area contributed by atoms with E-state index in [1.165, 1.54) is 6.07 Å². The standard InChI is InChI=1S/C14H16FN3O2/c1-3-5-12(13(16)19)18-14(20)17-10-7-6-9(4-2)11(15)8-10/h1,6-8,12H,4-5H2,2H3,(H2,16,19)(H2,17,18,20)/t12-/m1/s1. The molecule has 106 valence electrons. The number of amides is 3. The number of halogens is 1. The Balaban J connectivity index is 2.69. The molecule has 6 heteroatoms. The highest BCUT2D eigenvalue weighted by Gasteiger charge is 2.16. The summed E-state index contributed by atoms with van der Waals surface area (Å²) < 4.78 is 13.5. The van der Waals surface area contributed by atoms with Gasteiger partial charge >= 0.3 is 6.03 Å². The van der Waals surface area contributed by atoms with Gasteiger partial charge in [0.05, 0.1) is 0 Å². The number of hydrogen-bond donors (Lipinski definition) is 3. The van der Waals surface area contributed by atoms with Crippen LogP contribution in [-0.2, 0) is 11.2 Å². The maximum Gasteiger partial charge on any atom is 0.319 e. The van der Waals surface area contributed by atoms with Crippen LogP contribution in [0, 0.1) is 18.2 Å². The summed E-state index contributed by atoms with van der Waals surface area (Å²) in [5.74, 6) is 1.11. The molecular formula is C14H16FN3O2. The smallest absolute Gasteiger partial charge is 0.319 e. The van der Waals surface area contributed by atoms with Crippen LogP contribution in [-0.4, -0.2) is 18.0 Å². The van der Waals surface area contributed by atoms with E-state index in [4.69, 9.17) is 12.2 Å². The molecule has 1 atom stereocenters. The third kappa shape index (κ3) is 4.28. The molecule has 0 aliphatic heterocycles. The fourth-order valence-corrected chi connectivity index (χ4v) is 1.58. The van der Waals surface area contributed by atoms with Crippen molar-refractivity contribution in [1.29, 1.82) is 0 Å². The second-order valence-corrected chi connectivity index (χ2v) is 4.12. The zero-order chi connectivity index (χ0) is 15.1. The maximum atomic E-state index is 13.5. The van der Waals surface area contributed by atoms with Crippen molar-refractivity contribution >= 4 is 17.6 Å². The van der Waals surface area contributed by atoms with Crippen LogP contribution in [0.1, 0.15) is 18.9 Å². The van der Waals surface area contributed by atoms with Crippen LogP contribution in [0.25, 0.3) is 0 Å². The summed E-state index contributed by atoms with van der Waals surface area (Å²) in [6.45, 7) is 1.83. The van der Waals surface area contributed by atoms with Gasteiger partial charge in [0.15, 0.2) is 0 Å². The highest BCUT2D eigenvalue weighted by Crippen LogP contribution is 2.14. The topological polar surface area (TPSA) is 84.2 Å². The first kappa shape index (κ1) is 15.5. The summed E-state index contributed by atoms with van der Waals surface area (Å²) in [6, 6.07) is 2.73. The zero-order valence-corrected chi connectivity index (χ0v) is 11.1. The van der Waals surface area contributed by atoms with Crippen LogP contribution in [0.4, 0.5) is 14.9 Å². The van der Waals surface area contributed by atoms with Crippen LogP contribution in [0.15, 0.2) is 18.2 Å². The molecule has 0 radical (unpaired) electrons. The molecule has 0 saturated heterocycles. The Kier molecular flexibility index (Phi) is 5.54. The molecular weight excluding hydrogens is 261 g/mol. The molecule has 20 heavy (non-hydrogen) atoms. The minimum Gasteiger partial charge on any atom is -0.368 e. The average molecular weight is 277 g/mol. The lowest BCUT2D eigenvalue weighted by molar-refractivity contribution is -0.119. The number of nitrogens with two attached hydrogens (primary N) is 1. The molecule has 0 bridgehead atoms. The van der Waals surface area contributed by atoms with Gasteiger partial charge < -0.3 is 16.4 Å². The van der Waals surface area contributed by atoms with Crippen molar-refractivity contribution in [2.75, 3.05) is 5.32 Å². The molecule has 0 aliphatic rings. The van der Waals surface area contributed by atoms with E-state index in [-0.39, 0.29) is 12.1 Å². The van der Waals surface area contributed by atoms with Crippen molar-refractivity contribution in [1.82, 2.24) is 5.32 Å². The Labute approximate surface area is 116 Å². The molecule has 0 aliphatic carbocycles. The van der Waals surface area contributed by atoms with Crippen molar-refractivity contribution in [3.8, 4) is 12.3 Å². The van der Waals surface area contributed by atoms with Gasteiger partial charge in [0.25, 0.3) is 0 Å². The van der Waals surface area contributed by atoms with Crippen LogP contribution >= 0.6 is 0 Å². The number of aryl methyl sites for hydroxylation is 1. The molecule has 4 N–H and O–H groups in total. The lowest BCUT2D eigenvalue weighted by atomic mass is 10.1. The van der Waals surface area contributed by atoms with Crippen molar-refractivity contribution in [2.24, 2.45) is 5.73 Å². The normalized spacial score (nSPS) is 11.2. The Morgan fingerprint density at radius 3 is 2.70 bits per heavy atom. The zero-order valence-electron chi connectivity index (χ0n) is 11.1. The van der Waals surface area contributed by atoms with Gasteiger partial charge in [-0.05, 0) is 24.1 Å². The van der Waals surface area contributed by atoms with Crippen molar-refractivity contribution in [3.63, 3.8) is 0 Å². The van der Waals surface area contributed by atoms with E-state index < -0.39 is 23.8 Å². The summed E-state index contributed by atoms with van der Waals surface area (Å²) in [5, 5.41) is 4.74. The number of carbonyl (C=O) groups excluding carboxylic acids is 2. The Bertz CT molecular complexity index is 552. The number of primary amides is 1. The summed E-state index contributed by atoms with van der Waals surface area (Å²) in [4.78, 5) is 22.7. The number of terminal acetylenes is 1. The third-order valence-corrected chi connectivity index (χ3v) is 2.66. The lowest BCUT2D eigenvalue weighted by Crippen LogP contribution is -2.45. The lowest BCUT2D eigenvalue weighted by Gasteiger charge is -2.14. The van der Waals surface area contributed by atoms with Crippen molar-refractivity contribution in [3.05, 3.63) is 29.6 Å². The molecule has 0 unspecified atom stereocenters. The molecule has 0 spiro atoms. The first-order valence-corrected chi connectivity index (χ1v) is 6.06. The largest absolute Gasteiger partial charge is 0.368 e. The second-order valence-electron chi connectivity index (χ2n) is 4.12. The van der Waals surface area contributed by atoms with E-state index in [1.54, 1.807) is 12.1 Å². The van der Waals surface area contributed by atoms with E-state index in [0.717, 1.165) is 0 Å². The predicted molar refractivity (Wildman–Crippen MR) is 74.4 cm³/mol. The molecule has 0 heterocycles. The first-order valence-electron chi connectivity index (χ1n) is 6.06. The van der Waals surface area contributed by atoms with Gasteiger partial charge in [0, 0.05) is 12.1 Å². The quantitative estimate of drug-likeness (QED) is 0.710. The minimum absolute atomic E-state index is 0.00805. The third-order valence-electron chi connectivity index (χ3n) is 2.66. The highest BCUT2D eigenvalue weighted by molar-refractivity contribution is 5.93. The van der Waals surface area contributed by atoms with E-state index in [1.807, 2.05) is 6.92 Å². The van der Waals surface area contributed by atoms with Crippen LogP contribution in [0.5, 0.6) is 0 Å². The summed E-state index contributed by atoms with van der Waals surface area (Å²) in [5.41, 5.74) is 5.92. The molecule has 5 nitrogen and oxygen atoms in total. The summed E-state index contributed by atoms with van der Waals surface area (Å²) >= 11 is 0. The number of rotatable bonds is 5. The SMILES string of the molecule is C#CC[C@@H](NC(=O)Nc1ccc(CC)c(F)c1)C(N)=O. The van der Waals surface area contributed by atoms with Gasteiger partial charge in [0.1, 0.15) is 11.9 Å². The van der Waals surface area contributed by atoms with Gasteiger partial charge in [-0.15, -0.1) is 12.3 Å². The molecule has 1 aromatic carbocycles. The maximum absolute atomic E-state index is 13.5. The highest BCUT2D eigenvalue weighted by atomic mass is 19.1. The molecule has 1 rings (SSSR count). The molecule has 0 fully saturated rings. The van der Waals surface area contributed by atoms with E-state index in [2.05, 4.69) is 16.6 Å². The van der Waals surface area contributed by atoms with E-state index >= 15 is 0 Å². The number of carbonyl (C=O) groups is 2. The first-order chi connectivity index (χ1) is 9.47.